The summed E-state index contributed by atoms with van der Waals surface area (Å²) < 4.78 is 11.3. The summed E-state index contributed by atoms with van der Waals surface area (Å²) >= 11 is 0. The predicted octanol–water partition coefficient (Wildman–Crippen LogP) is -4.04. The van der Waals surface area contributed by atoms with Gasteiger partial charge in [-0.2, -0.15) is 0 Å². The first-order valence-corrected chi connectivity index (χ1v) is 10.5. The Balaban J connectivity index is 0.000000423. The van der Waals surface area contributed by atoms with Crippen LogP contribution in [0.5, 0.6) is 0 Å². The molecule has 1 heterocycles. The van der Waals surface area contributed by atoms with Crippen LogP contribution >= 0.6 is 0 Å². The van der Waals surface area contributed by atoms with Gasteiger partial charge in [0.25, 0.3) is 0 Å². The molecule has 9 nitrogen and oxygen atoms in total. The Kier molecular flexibility index (Phi) is 8.51. The molecule has 0 aromatic carbocycles. The monoisotopic (exact) mass is 370 g/mol. The first-order valence-electron chi connectivity index (χ1n) is 5.36. The third kappa shape index (κ3) is 11.3. The topological polar surface area (TPSA) is 149 Å². The van der Waals surface area contributed by atoms with Gasteiger partial charge in [-0.1, -0.05) is 5.92 Å². The Labute approximate surface area is 135 Å². The van der Waals surface area contributed by atoms with E-state index in [9.17, 15) is 0 Å². The van der Waals surface area contributed by atoms with E-state index in [2.05, 4.69) is 65.6 Å². The second kappa shape index (κ2) is 9.28. The van der Waals surface area contributed by atoms with Crippen LogP contribution in [0.4, 0.5) is 0 Å². The van der Waals surface area contributed by atoms with Gasteiger partial charge in [0.2, 0.25) is 0 Å². The van der Waals surface area contributed by atoms with Gasteiger partial charge < -0.3 is 41.1 Å². The molecule has 1 saturated heterocycles. The van der Waals surface area contributed by atoms with Crippen LogP contribution in [0.15, 0.2) is 0 Å². The molecule has 12 heteroatoms. The van der Waals surface area contributed by atoms with E-state index in [1.165, 1.54) is 0 Å². The lowest BCUT2D eigenvalue weighted by molar-refractivity contribution is -0.0465. The molecule has 120 valence electrons. The molecule has 0 spiro atoms. The van der Waals surface area contributed by atoms with E-state index in [0.717, 1.165) is 0 Å². The zero-order valence-electron chi connectivity index (χ0n) is 11.5. The highest BCUT2D eigenvalue weighted by Crippen LogP contribution is 2.20. The summed E-state index contributed by atoms with van der Waals surface area (Å²) in [6, 6.07) is 0. The van der Waals surface area contributed by atoms with E-state index in [1.807, 2.05) is 0 Å². The second-order valence-electron chi connectivity index (χ2n) is 3.22. The van der Waals surface area contributed by atoms with Crippen LogP contribution in [0.2, 0.25) is 0 Å². The molecular weight excluding hydrogens is 360 g/mol. The molecular formula is C11H10O9Si3. The summed E-state index contributed by atoms with van der Waals surface area (Å²) in [4.78, 5) is 51.9. The first kappa shape index (κ1) is 21.1. The normalized spacial score (nSPS) is 18.2. The number of hydrogen-bond donors (Lipinski definition) is 6. The molecule has 0 aromatic rings. The fourth-order valence-electron chi connectivity index (χ4n) is 0.837. The maximum atomic E-state index is 8.65. The summed E-state index contributed by atoms with van der Waals surface area (Å²) in [6.45, 7) is 1.71. The van der Waals surface area contributed by atoms with Crippen molar-refractivity contribution in [3.8, 4) is 59.7 Å². The molecule has 0 radical (unpaired) electrons. The molecule has 1 aliphatic heterocycles. The fourth-order valence-corrected chi connectivity index (χ4v) is 6.62. The maximum Gasteiger partial charge on any atom is 0.662 e. The largest absolute Gasteiger partial charge is 0.662 e. The van der Waals surface area contributed by atoms with E-state index in [-0.39, 0.29) is 0 Å². The van der Waals surface area contributed by atoms with Crippen LogP contribution in [-0.2, 0) is 12.3 Å². The number of terminal acetylenes is 1. The van der Waals surface area contributed by atoms with E-state index in [1.54, 1.807) is 6.92 Å². The average Bonchev–Trinajstić information content (AvgIpc) is 2.32. The van der Waals surface area contributed by atoms with Crippen molar-refractivity contribution in [3.63, 3.8) is 0 Å². The summed E-state index contributed by atoms with van der Waals surface area (Å²) in [5, 5.41) is 0. The lowest BCUT2D eigenvalue weighted by Crippen LogP contribution is -2.71. The average molecular weight is 370 g/mol. The maximum absolute atomic E-state index is 8.65. The minimum Gasteiger partial charge on any atom is -0.368 e. The summed E-state index contributed by atoms with van der Waals surface area (Å²) in [7, 11) is -14.6. The SMILES string of the molecule is C#CC#CC#CC#CC#CC.O[Si]1(O)O[Si](O)(O)O[Si](O)(O)O1. The van der Waals surface area contributed by atoms with Crippen molar-refractivity contribution in [1.29, 1.82) is 0 Å². The van der Waals surface area contributed by atoms with Gasteiger partial charge in [0.05, 0.1) is 0 Å². The van der Waals surface area contributed by atoms with E-state index in [4.69, 9.17) is 35.2 Å². The molecule has 0 bridgehead atoms. The quantitative estimate of drug-likeness (QED) is 0.185. The molecule has 0 saturated carbocycles. The van der Waals surface area contributed by atoms with Crippen molar-refractivity contribution in [3.05, 3.63) is 0 Å². The van der Waals surface area contributed by atoms with Gasteiger partial charge in [0, 0.05) is 0 Å². The van der Waals surface area contributed by atoms with Crippen LogP contribution in [-0.4, -0.2) is 55.9 Å². The summed E-state index contributed by atoms with van der Waals surface area (Å²) in [5.74, 6) is 22.0. The van der Waals surface area contributed by atoms with Gasteiger partial charge in [-0.25, -0.2) is 0 Å². The third-order valence-electron chi connectivity index (χ3n) is 1.37. The van der Waals surface area contributed by atoms with Crippen molar-refractivity contribution in [1.82, 2.24) is 0 Å². The van der Waals surface area contributed by atoms with Gasteiger partial charge in [-0.15, -0.1) is 6.42 Å². The van der Waals surface area contributed by atoms with Crippen molar-refractivity contribution in [2.24, 2.45) is 0 Å². The standard InChI is InChI=1S/C11H4.H6O9Si3/c1-3-5-7-9-11-10-8-6-4-2;1-10(2)7-11(3,4)9-12(5,6)8-10/h1H,2H3;1-6H. The highest BCUT2D eigenvalue weighted by Gasteiger charge is 2.67. The van der Waals surface area contributed by atoms with Gasteiger partial charge in [0.15, 0.2) is 0 Å². The van der Waals surface area contributed by atoms with Crippen molar-refractivity contribution in [2.75, 3.05) is 0 Å². The van der Waals surface area contributed by atoms with Gasteiger partial charge in [0.1, 0.15) is 0 Å². The molecule has 1 fully saturated rings. The van der Waals surface area contributed by atoms with Gasteiger partial charge in [-0.3, -0.25) is 0 Å². The molecule has 0 unspecified atom stereocenters. The molecule has 1 rings (SSSR count). The van der Waals surface area contributed by atoms with Crippen molar-refractivity contribution in [2.45, 2.75) is 6.92 Å². The van der Waals surface area contributed by atoms with Crippen LogP contribution in [0, 0.1) is 59.7 Å². The minimum atomic E-state index is -4.86. The van der Waals surface area contributed by atoms with Crippen LogP contribution < -0.4 is 0 Å². The Hall–Kier alpha value is -1.91. The van der Waals surface area contributed by atoms with Crippen LogP contribution in [0.25, 0.3) is 0 Å². The second-order valence-corrected chi connectivity index (χ2v) is 8.96. The van der Waals surface area contributed by atoms with Gasteiger partial charge >= 0.3 is 27.1 Å². The lowest BCUT2D eigenvalue weighted by Gasteiger charge is -2.34. The highest BCUT2D eigenvalue weighted by molar-refractivity contribution is 6.79. The molecule has 0 aliphatic carbocycles. The molecule has 6 N–H and O–H groups in total. The summed E-state index contributed by atoms with van der Waals surface area (Å²) in [6.07, 6.45) is 4.84. The fraction of sp³-hybridized carbons (Fsp3) is 0.0909. The van der Waals surface area contributed by atoms with E-state index < -0.39 is 27.1 Å². The Bertz CT molecular complexity index is 662. The Morgan fingerprint density at radius 1 is 0.609 bits per heavy atom. The highest BCUT2D eigenvalue weighted by atomic mass is 28.6. The zero-order valence-corrected chi connectivity index (χ0v) is 14.5. The molecule has 23 heavy (non-hydrogen) atoms. The zero-order chi connectivity index (χ0) is 18.0. The number of rotatable bonds is 0. The summed E-state index contributed by atoms with van der Waals surface area (Å²) in [5.41, 5.74) is 0. The van der Waals surface area contributed by atoms with Crippen molar-refractivity contribution < 1.29 is 41.1 Å². The third-order valence-corrected chi connectivity index (χ3v) is 7.75. The number of hydrogen-bond acceptors (Lipinski definition) is 9. The van der Waals surface area contributed by atoms with Gasteiger partial charge in [-0.05, 0) is 54.3 Å². The predicted molar refractivity (Wildman–Crippen MR) is 79.4 cm³/mol. The Morgan fingerprint density at radius 3 is 1.22 bits per heavy atom. The molecule has 0 aromatic heterocycles. The van der Waals surface area contributed by atoms with E-state index in [0.29, 0.717) is 0 Å². The Morgan fingerprint density at radius 2 is 0.913 bits per heavy atom. The lowest BCUT2D eigenvalue weighted by atomic mass is 10.5. The van der Waals surface area contributed by atoms with E-state index >= 15 is 0 Å². The van der Waals surface area contributed by atoms with Crippen LogP contribution in [0.3, 0.4) is 0 Å². The smallest absolute Gasteiger partial charge is 0.368 e. The minimum absolute atomic E-state index is 1.71. The van der Waals surface area contributed by atoms with Crippen LogP contribution in [0.1, 0.15) is 6.92 Å². The molecule has 0 amide bonds. The first-order chi connectivity index (χ1) is 10.5. The molecule has 1 aliphatic rings. The molecule has 0 atom stereocenters. The van der Waals surface area contributed by atoms with Crippen molar-refractivity contribution >= 4 is 27.1 Å².